The average molecular weight is 318 g/mol. The standard InChI is InChI=1S/C16H14O7/c1-8-3-10(6-11(18)14(8)16(21)22-2)23-13-5-9(7-17)4-12(19)15(13)20/h3-7,18-20H,1-2H3. The number of carbonyl (C=O) groups is 2. The van der Waals surface area contributed by atoms with E-state index in [0.717, 1.165) is 12.1 Å². The number of rotatable bonds is 4. The Bertz CT molecular complexity index is 757. The minimum absolute atomic E-state index is 0.00596. The zero-order valence-corrected chi connectivity index (χ0v) is 12.4. The van der Waals surface area contributed by atoms with Crippen molar-refractivity contribution in [3.63, 3.8) is 0 Å². The van der Waals surface area contributed by atoms with Gasteiger partial charge in [0.1, 0.15) is 23.3 Å². The van der Waals surface area contributed by atoms with E-state index >= 15 is 0 Å². The van der Waals surface area contributed by atoms with Gasteiger partial charge in [-0.15, -0.1) is 0 Å². The van der Waals surface area contributed by atoms with E-state index in [1.807, 2.05) is 0 Å². The van der Waals surface area contributed by atoms with Crippen molar-refractivity contribution < 1.29 is 34.4 Å². The van der Waals surface area contributed by atoms with Gasteiger partial charge < -0.3 is 24.8 Å². The quantitative estimate of drug-likeness (QED) is 0.451. The van der Waals surface area contributed by atoms with Crippen molar-refractivity contribution in [2.45, 2.75) is 6.92 Å². The van der Waals surface area contributed by atoms with E-state index in [2.05, 4.69) is 4.74 Å². The monoisotopic (exact) mass is 318 g/mol. The highest BCUT2D eigenvalue weighted by atomic mass is 16.5. The van der Waals surface area contributed by atoms with Crippen molar-refractivity contribution in [2.75, 3.05) is 7.11 Å². The Kier molecular flexibility index (Phi) is 4.40. The van der Waals surface area contributed by atoms with Gasteiger partial charge in [-0.05, 0) is 30.7 Å². The van der Waals surface area contributed by atoms with E-state index in [1.54, 1.807) is 6.92 Å². The number of phenolic OH excluding ortho intramolecular Hbond substituents is 3. The number of carbonyl (C=O) groups excluding carboxylic acids is 2. The van der Waals surface area contributed by atoms with Gasteiger partial charge in [-0.25, -0.2) is 4.79 Å². The zero-order chi connectivity index (χ0) is 17.1. The van der Waals surface area contributed by atoms with Crippen LogP contribution in [-0.4, -0.2) is 34.7 Å². The Morgan fingerprint density at radius 3 is 2.35 bits per heavy atom. The zero-order valence-electron chi connectivity index (χ0n) is 12.4. The predicted octanol–water partition coefficient (Wildman–Crippen LogP) is 2.50. The van der Waals surface area contributed by atoms with Gasteiger partial charge in [0.05, 0.1) is 7.11 Å². The molecular weight excluding hydrogens is 304 g/mol. The molecule has 0 aromatic heterocycles. The first-order chi connectivity index (χ1) is 10.9. The number of aryl methyl sites for hydroxylation is 1. The van der Waals surface area contributed by atoms with Crippen LogP contribution in [-0.2, 0) is 4.74 Å². The van der Waals surface area contributed by atoms with E-state index in [9.17, 15) is 24.9 Å². The lowest BCUT2D eigenvalue weighted by Gasteiger charge is -2.12. The number of ether oxygens (including phenoxy) is 2. The lowest BCUT2D eigenvalue weighted by Crippen LogP contribution is -2.04. The summed E-state index contributed by atoms with van der Waals surface area (Å²) in [4.78, 5) is 22.4. The number of phenols is 3. The molecule has 2 aromatic carbocycles. The predicted molar refractivity (Wildman–Crippen MR) is 79.4 cm³/mol. The number of hydrogen-bond donors (Lipinski definition) is 3. The molecule has 0 bridgehead atoms. The van der Waals surface area contributed by atoms with Crippen LogP contribution in [0.1, 0.15) is 26.3 Å². The first-order valence-electron chi connectivity index (χ1n) is 6.48. The SMILES string of the molecule is COC(=O)c1c(C)cc(Oc2cc(C=O)cc(O)c2O)cc1O. The summed E-state index contributed by atoms with van der Waals surface area (Å²) in [7, 11) is 1.19. The van der Waals surface area contributed by atoms with Crippen molar-refractivity contribution >= 4 is 12.3 Å². The van der Waals surface area contributed by atoms with Crippen molar-refractivity contribution in [2.24, 2.45) is 0 Å². The molecule has 0 aliphatic rings. The summed E-state index contributed by atoms with van der Waals surface area (Å²) in [6.45, 7) is 1.57. The minimum Gasteiger partial charge on any atom is -0.507 e. The van der Waals surface area contributed by atoms with Crippen LogP contribution in [0.15, 0.2) is 24.3 Å². The van der Waals surface area contributed by atoms with Crippen LogP contribution in [0, 0.1) is 6.92 Å². The topological polar surface area (TPSA) is 113 Å². The fourth-order valence-electron chi connectivity index (χ4n) is 2.05. The van der Waals surface area contributed by atoms with Crippen molar-refractivity contribution in [3.8, 4) is 28.7 Å². The van der Waals surface area contributed by atoms with E-state index in [4.69, 9.17) is 4.74 Å². The molecule has 23 heavy (non-hydrogen) atoms. The van der Waals surface area contributed by atoms with Crippen LogP contribution < -0.4 is 4.74 Å². The first-order valence-corrected chi connectivity index (χ1v) is 6.48. The summed E-state index contributed by atoms with van der Waals surface area (Å²) >= 11 is 0. The van der Waals surface area contributed by atoms with Gasteiger partial charge >= 0.3 is 5.97 Å². The molecule has 0 aliphatic heterocycles. The second-order valence-electron chi connectivity index (χ2n) is 4.73. The molecule has 7 heteroatoms. The first kappa shape index (κ1) is 16.2. The van der Waals surface area contributed by atoms with Crippen LogP contribution in [0.2, 0.25) is 0 Å². The highest BCUT2D eigenvalue weighted by Crippen LogP contribution is 2.40. The molecule has 0 aliphatic carbocycles. The van der Waals surface area contributed by atoms with E-state index in [-0.39, 0.29) is 28.4 Å². The molecule has 0 saturated heterocycles. The summed E-state index contributed by atoms with van der Waals surface area (Å²) in [5.74, 6) is -2.19. The Morgan fingerprint density at radius 2 is 1.78 bits per heavy atom. The lowest BCUT2D eigenvalue weighted by atomic mass is 10.1. The number of methoxy groups -OCH3 is 1. The molecule has 0 heterocycles. The number of aldehydes is 1. The average Bonchev–Trinajstić information content (AvgIpc) is 2.50. The summed E-state index contributed by atoms with van der Waals surface area (Å²) in [5, 5.41) is 29.2. The third-order valence-electron chi connectivity index (χ3n) is 3.12. The molecule has 0 unspecified atom stereocenters. The Labute approximate surface area is 131 Å². The van der Waals surface area contributed by atoms with Crippen molar-refractivity contribution in [1.82, 2.24) is 0 Å². The molecule has 2 aromatic rings. The van der Waals surface area contributed by atoms with Crippen LogP contribution in [0.25, 0.3) is 0 Å². The van der Waals surface area contributed by atoms with Gasteiger partial charge in [-0.1, -0.05) is 0 Å². The molecule has 0 fully saturated rings. The van der Waals surface area contributed by atoms with E-state index in [0.29, 0.717) is 11.8 Å². The van der Waals surface area contributed by atoms with Gasteiger partial charge in [0, 0.05) is 11.6 Å². The third-order valence-corrected chi connectivity index (χ3v) is 3.12. The minimum atomic E-state index is -0.699. The maximum Gasteiger partial charge on any atom is 0.341 e. The van der Waals surface area contributed by atoms with Crippen LogP contribution in [0.5, 0.6) is 28.7 Å². The van der Waals surface area contributed by atoms with E-state index in [1.165, 1.54) is 19.2 Å². The van der Waals surface area contributed by atoms with Gasteiger partial charge in [0.15, 0.2) is 11.5 Å². The fraction of sp³-hybridized carbons (Fsp3) is 0.125. The summed E-state index contributed by atoms with van der Waals surface area (Å²) in [5.41, 5.74) is 0.484. The summed E-state index contributed by atoms with van der Waals surface area (Å²) in [6.07, 6.45) is 0.481. The van der Waals surface area contributed by atoms with Gasteiger partial charge in [0.25, 0.3) is 0 Å². The Hall–Kier alpha value is -3.22. The maximum absolute atomic E-state index is 11.6. The summed E-state index contributed by atoms with van der Waals surface area (Å²) in [6, 6.07) is 4.90. The van der Waals surface area contributed by atoms with E-state index < -0.39 is 17.5 Å². The van der Waals surface area contributed by atoms with Crippen LogP contribution in [0.4, 0.5) is 0 Å². The molecule has 3 N–H and O–H groups in total. The molecule has 2 rings (SSSR count). The second-order valence-corrected chi connectivity index (χ2v) is 4.73. The molecule has 0 spiro atoms. The second kappa shape index (κ2) is 6.27. The fourth-order valence-corrected chi connectivity index (χ4v) is 2.05. The smallest absolute Gasteiger partial charge is 0.341 e. The van der Waals surface area contributed by atoms with Gasteiger partial charge in [0.2, 0.25) is 5.75 Å². The van der Waals surface area contributed by atoms with Crippen LogP contribution in [0.3, 0.4) is 0 Å². The molecule has 0 saturated carbocycles. The molecule has 7 nitrogen and oxygen atoms in total. The van der Waals surface area contributed by atoms with Gasteiger partial charge in [-0.3, -0.25) is 4.79 Å². The number of esters is 1. The molecular formula is C16H14O7. The number of aromatic hydroxyl groups is 3. The Balaban J connectivity index is 2.44. The largest absolute Gasteiger partial charge is 0.507 e. The maximum atomic E-state index is 11.6. The molecule has 0 radical (unpaired) electrons. The lowest BCUT2D eigenvalue weighted by molar-refractivity contribution is 0.0596. The third kappa shape index (κ3) is 3.18. The van der Waals surface area contributed by atoms with Crippen molar-refractivity contribution in [3.05, 3.63) is 41.0 Å². The Morgan fingerprint density at radius 1 is 1.09 bits per heavy atom. The van der Waals surface area contributed by atoms with Crippen LogP contribution >= 0.6 is 0 Å². The molecule has 0 amide bonds. The normalized spacial score (nSPS) is 10.2. The summed E-state index contributed by atoms with van der Waals surface area (Å²) < 4.78 is 9.95. The van der Waals surface area contributed by atoms with Gasteiger partial charge in [-0.2, -0.15) is 0 Å². The number of benzene rings is 2. The molecule has 120 valence electrons. The highest BCUT2D eigenvalue weighted by molar-refractivity contribution is 5.94. The molecule has 0 atom stereocenters. The number of hydrogen-bond acceptors (Lipinski definition) is 7. The van der Waals surface area contributed by atoms with Crippen molar-refractivity contribution in [1.29, 1.82) is 0 Å². The highest BCUT2D eigenvalue weighted by Gasteiger charge is 2.18.